The largest absolute Gasteiger partial charge is 0.497 e. The van der Waals surface area contributed by atoms with Gasteiger partial charge in [0.25, 0.3) is 0 Å². The van der Waals surface area contributed by atoms with Crippen LogP contribution in [0.5, 0.6) is 23.1 Å². The number of hydrogen-bond donors (Lipinski definition) is 1. The lowest BCUT2D eigenvalue weighted by atomic mass is 9.90. The average molecular weight is 501 g/mol. The highest BCUT2D eigenvalue weighted by Gasteiger charge is 2.30. The smallest absolute Gasteiger partial charge is 0.388 e. The fraction of sp³-hybridized carbons (Fsp3) is 0.423. The van der Waals surface area contributed by atoms with Crippen molar-refractivity contribution >= 4 is 17.6 Å². The number of aromatic amines is 1. The predicted molar refractivity (Wildman–Crippen MR) is 130 cm³/mol. The molecular formula is C26H31ClN3O5+. The Hall–Kier alpha value is -3.26. The minimum absolute atomic E-state index is 0.125. The summed E-state index contributed by atoms with van der Waals surface area (Å²) in [6, 6.07) is 12.8. The zero-order valence-corrected chi connectivity index (χ0v) is 20.8. The molecule has 0 unspecified atom stereocenters. The van der Waals surface area contributed by atoms with Crippen LogP contribution in [0.3, 0.4) is 0 Å². The van der Waals surface area contributed by atoms with Gasteiger partial charge in [-0.05, 0) is 55.5 Å². The molecule has 0 bridgehead atoms. The van der Waals surface area contributed by atoms with Crippen LogP contribution in [-0.4, -0.2) is 36.6 Å². The molecule has 1 aliphatic rings. The predicted octanol–water partition coefficient (Wildman–Crippen LogP) is 5.34. The zero-order valence-electron chi connectivity index (χ0n) is 20.1. The van der Waals surface area contributed by atoms with Gasteiger partial charge in [0.2, 0.25) is 0 Å². The molecule has 0 atom stereocenters. The van der Waals surface area contributed by atoms with Crippen molar-refractivity contribution in [2.24, 2.45) is 5.92 Å². The third-order valence-corrected chi connectivity index (χ3v) is 6.33. The molecule has 0 saturated heterocycles. The molecule has 3 aromatic rings. The summed E-state index contributed by atoms with van der Waals surface area (Å²) < 4.78 is 24.2. The number of aromatic nitrogens is 3. The molecule has 4 rings (SSSR count). The first-order valence-corrected chi connectivity index (χ1v) is 12.3. The number of nitrogens with one attached hydrogen (secondary N) is 1. The van der Waals surface area contributed by atoms with E-state index < -0.39 is 5.97 Å². The maximum atomic E-state index is 12.6. The van der Waals surface area contributed by atoms with Crippen molar-refractivity contribution in [3.8, 4) is 23.1 Å². The number of carbonyl (C=O) groups is 1. The van der Waals surface area contributed by atoms with Gasteiger partial charge in [-0.15, -0.1) is 5.10 Å². The minimum atomic E-state index is -0.550. The first kappa shape index (κ1) is 24.9. The minimum Gasteiger partial charge on any atom is -0.497 e. The Labute approximate surface area is 210 Å². The quantitative estimate of drug-likeness (QED) is 0.299. The molecule has 0 aliphatic heterocycles. The number of benzene rings is 2. The van der Waals surface area contributed by atoms with Crippen LogP contribution in [0.15, 0.2) is 42.5 Å². The fourth-order valence-electron chi connectivity index (χ4n) is 4.11. The van der Waals surface area contributed by atoms with Gasteiger partial charge in [-0.2, -0.15) is 0 Å². The maximum absolute atomic E-state index is 12.6. The van der Waals surface area contributed by atoms with E-state index in [1.807, 2.05) is 24.3 Å². The van der Waals surface area contributed by atoms with E-state index in [-0.39, 0.29) is 18.2 Å². The fourth-order valence-corrected chi connectivity index (χ4v) is 4.29. The summed E-state index contributed by atoms with van der Waals surface area (Å²) in [7, 11) is 1.62. The summed E-state index contributed by atoms with van der Waals surface area (Å²) in [5.41, 5.74) is 1.08. The van der Waals surface area contributed by atoms with Crippen molar-refractivity contribution in [2.45, 2.75) is 45.6 Å². The molecule has 1 saturated carbocycles. The van der Waals surface area contributed by atoms with E-state index in [0.29, 0.717) is 35.6 Å². The standard InChI is InChI=1S/C26H30ClN3O5/c1-3-33-26(31)24-25(30(29-28-24)16-18-9-11-20(32-2)12-10-18)35-21-13-14-22(27)23(15-21)34-17-19-7-5-4-6-8-19/h9-15,19H,3-8,16-17H2,1-2H3/p+1. The molecule has 1 N–H and O–H groups in total. The van der Waals surface area contributed by atoms with Crippen LogP contribution in [-0.2, 0) is 11.3 Å². The summed E-state index contributed by atoms with van der Waals surface area (Å²) in [4.78, 5) is 12.6. The van der Waals surface area contributed by atoms with E-state index in [2.05, 4.69) is 10.3 Å². The van der Waals surface area contributed by atoms with Gasteiger partial charge in [-0.25, -0.2) is 4.79 Å². The van der Waals surface area contributed by atoms with Gasteiger partial charge in [-0.3, -0.25) is 0 Å². The van der Waals surface area contributed by atoms with Gasteiger partial charge in [0.05, 0.1) is 30.6 Å². The van der Waals surface area contributed by atoms with Gasteiger partial charge < -0.3 is 18.9 Å². The number of ether oxygens (including phenoxy) is 4. The Balaban J connectivity index is 1.56. The van der Waals surface area contributed by atoms with Crippen LogP contribution in [0.2, 0.25) is 5.02 Å². The zero-order chi connectivity index (χ0) is 24.6. The third kappa shape index (κ3) is 6.45. The second-order valence-corrected chi connectivity index (χ2v) is 8.93. The van der Waals surface area contributed by atoms with Crippen LogP contribution in [0.1, 0.15) is 55.1 Å². The number of methoxy groups -OCH3 is 1. The molecule has 2 aromatic carbocycles. The number of esters is 1. The molecule has 186 valence electrons. The molecule has 1 fully saturated rings. The van der Waals surface area contributed by atoms with Gasteiger partial charge in [0, 0.05) is 6.07 Å². The second kappa shape index (κ2) is 11.9. The third-order valence-electron chi connectivity index (χ3n) is 6.02. The topological polar surface area (TPSA) is 86.6 Å². The summed E-state index contributed by atoms with van der Waals surface area (Å²) in [6.07, 6.45) is 6.14. The normalized spacial score (nSPS) is 13.9. The van der Waals surface area contributed by atoms with E-state index in [9.17, 15) is 4.79 Å². The van der Waals surface area contributed by atoms with E-state index in [4.69, 9.17) is 30.5 Å². The van der Waals surface area contributed by atoms with Crippen molar-refractivity contribution < 1.29 is 28.4 Å². The monoisotopic (exact) mass is 500 g/mol. The Kier molecular flexibility index (Phi) is 8.47. The molecule has 35 heavy (non-hydrogen) atoms. The number of halogens is 1. The van der Waals surface area contributed by atoms with Gasteiger partial charge in [0.1, 0.15) is 23.8 Å². The summed E-state index contributed by atoms with van der Waals surface area (Å²) in [5.74, 6) is 2.01. The van der Waals surface area contributed by atoms with Crippen LogP contribution in [0.4, 0.5) is 0 Å². The first-order chi connectivity index (χ1) is 17.1. The van der Waals surface area contributed by atoms with Crippen LogP contribution >= 0.6 is 11.6 Å². The van der Waals surface area contributed by atoms with Gasteiger partial charge in [0.15, 0.2) is 0 Å². The molecule has 0 amide bonds. The second-order valence-electron chi connectivity index (χ2n) is 8.53. The molecule has 8 nitrogen and oxygen atoms in total. The lowest BCUT2D eigenvalue weighted by Crippen LogP contribution is -2.37. The Bertz CT molecular complexity index is 1130. The van der Waals surface area contributed by atoms with Crippen molar-refractivity contribution in [1.82, 2.24) is 10.3 Å². The summed E-state index contributed by atoms with van der Waals surface area (Å²) in [6.45, 7) is 2.97. The highest BCUT2D eigenvalue weighted by Crippen LogP contribution is 2.33. The van der Waals surface area contributed by atoms with Crippen molar-refractivity contribution in [3.63, 3.8) is 0 Å². The molecule has 0 radical (unpaired) electrons. The molecular weight excluding hydrogens is 470 g/mol. The highest BCUT2D eigenvalue weighted by atomic mass is 35.5. The molecule has 1 heterocycles. The Morgan fingerprint density at radius 1 is 1.11 bits per heavy atom. The lowest BCUT2D eigenvalue weighted by Gasteiger charge is -2.22. The summed E-state index contributed by atoms with van der Waals surface area (Å²) >= 11 is 6.39. The molecule has 1 aromatic heterocycles. The molecule has 0 spiro atoms. The lowest BCUT2D eigenvalue weighted by molar-refractivity contribution is -0.748. The number of H-pyrrole nitrogens is 1. The van der Waals surface area contributed by atoms with E-state index in [1.54, 1.807) is 36.9 Å². The number of rotatable bonds is 10. The van der Waals surface area contributed by atoms with Gasteiger partial charge >= 0.3 is 17.5 Å². The van der Waals surface area contributed by atoms with Crippen LogP contribution < -0.4 is 18.9 Å². The first-order valence-electron chi connectivity index (χ1n) is 12.0. The highest BCUT2D eigenvalue weighted by molar-refractivity contribution is 6.32. The van der Waals surface area contributed by atoms with Crippen molar-refractivity contribution in [2.75, 3.05) is 20.3 Å². The Morgan fingerprint density at radius 3 is 2.57 bits per heavy atom. The maximum Gasteiger partial charge on any atom is 0.388 e. The van der Waals surface area contributed by atoms with Crippen LogP contribution in [0, 0.1) is 5.92 Å². The summed E-state index contributed by atoms with van der Waals surface area (Å²) in [5, 5.41) is 7.53. The van der Waals surface area contributed by atoms with Crippen molar-refractivity contribution in [3.05, 3.63) is 58.7 Å². The number of hydrogen-bond acceptors (Lipinski definition) is 6. The van der Waals surface area contributed by atoms with E-state index in [0.717, 1.165) is 11.3 Å². The molecule has 9 heteroatoms. The van der Waals surface area contributed by atoms with E-state index in [1.165, 1.54) is 32.1 Å². The van der Waals surface area contributed by atoms with Gasteiger partial charge in [-0.1, -0.05) is 47.7 Å². The number of carbonyl (C=O) groups excluding carboxylic acids is 1. The SMILES string of the molecule is CCOC(=O)c1[nH]n[n+](Cc2ccc(OC)cc2)c1Oc1ccc(Cl)c(OCC2CCCCC2)c1. The van der Waals surface area contributed by atoms with Crippen LogP contribution in [0.25, 0.3) is 0 Å². The van der Waals surface area contributed by atoms with Crippen molar-refractivity contribution in [1.29, 1.82) is 0 Å². The number of nitrogens with zero attached hydrogens (tertiary/aromatic N) is 2. The Morgan fingerprint density at radius 2 is 1.86 bits per heavy atom. The molecule has 1 aliphatic carbocycles. The van der Waals surface area contributed by atoms with E-state index >= 15 is 0 Å². The average Bonchev–Trinajstić information content (AvgIpc) is 3.27.